The summed E-state index contributed by atoms with van der Waals surface area (Å²) in [6.07, 6.45) is 0.408. The van der Waals surface area contributed by atoms with Crippen LogP contribution in [0.15, 0.2) is 12.1 Å². The minimum absolute atomic E-state index is 0.408. The zero-order chi connectivity index (χ0) is 12.4. The van der Waals surface area contributed by atoms with Crippen molar-refractivity contribution in [1.29, 1.82) is 0 Å². The smallest absolute Gasteiger partial charge is 0.321 e. The molecule has 1 heterocycles. The minimum Gasteiger partial charge on any atom is -0.493 e. The van der Waals surface area contributed by atoms with E-state index in [0.29, 0.717) is 24.5 Å². The highest BCUT2D eigenvalue weighted by Gasteiger charge is 2.27. The number of fused-ring (bicyclic) bond motifs is 1. The molecule has 92 valence electrons. The zero-order valence-electron chi connectivity index (χ0n) is 9.82. The predicted octanol–water partition coefficient (Wildman–Crippen LogP) is 0.803. The van der Waals surface area contributed by atoms with Gasteiger partial charge in [-0.2, -0.15) is 0 Å². The van der Waals surface area contributed by atoms with Crippen LogP contribution in [0.5, 0.6) is 11.5 Å². The Morgan fingerprint density at radius 3 is 2.76 bits per heavy atom. The van der Waals surface area contributed by atoms with Crippen molar-refractivity contribution in [3.05, 3.63) is 23.3 Å². The molecule has 1 aromatic rings. The molecule has 0 aliphatic carbocycles. The molecular weight excluding hydrogens is 222 g/mol. The first-order valence-electron chi connectivity index (χ1n) is 5.36. The van der Waals surface area contributed by atoms with Crippen molar-refractivity contribution in [2.45, 2.75) is 19.0 Å². The molecule has 2 N–H and O–H groups in total. The number of ether oxygens (including phenoxy) is 2. The second-order valence-electron chi connectivity index (χ2n) is 3.91. The highest BCUT2D eigenvalue weighted by atomic mass is 16.5. The molecule has 0 amide bonds. The maximum absolute atomic E-state index is 11.0. The largest absolute Gasteiger partial charge is 0.493 e. The van der Waals surface area contributed by atoms with Crippen LogP contribution in [-0.2, 0) is 17.8 Å². The molecule has 0 aromatic heterocycles. The number of benzene rings is 1. The van der Waals surface area contributed by atoms with Gasteiger partial charge in [-0.05, 0) is 11.6 Å². The molecule has 0 spiro atoms. The lowest BCUT2D eigenvalue weighted by Crippen LogP contribution is -2.41. The van der Waals surface area contributed by atoms with Crippen molar-refractivity contribution >= 4 is 5.97 Å². The van der Waals surface area contributed by atoms with Gasteiger partial charge in [0.15, 0.2) is 11.5 Å². The van der Waals surface area contributed by atoms with Crippen molar-refractivity contribution in [1.82, 2.24) is 5.32 Å². The first-order valence-corrected chi connectivity index (χ1v) is 5.36. The Hall–Kier alpha value is -1.75. The van der Waals surface area contributed by atoms with Crippen LogP contribution in [-0.4, -0.2) is 31.3 Å². The van der Waals surface area contributed by atoms with E-state index in [1.165, 1.54) is 0 Å². The molecule has 5 nitrogen and oxygen atoms in total. The lowest BCUT2D eigenvalue weighted by atomic mass is 9.94. The number of aliphatic carboxylic acids is 1. The third-order valence-corrected chi connectivity index (χ3v) is 2.99. The molecule has 17 heavy (non-hydrogen) atoms. The summed E-state index contributed by atoms with van der Waals surface area (Å²) in [5.41, 5.74) is 1.97. The van der Waals surface area contributed by atoms with Crippen LogP contribution in [0.2, 0.25) is 0 Å². The van der Waals surface area contributed by atoms with Gasteiger partial charge in [0.1, 0.15) is 6.04 Å². The monoisotopic (exact) mass is 237 g/mol. The van der Waals surface area contributed by atoms with Crippen LogP contribution in [0.1, 0.15) is 11.1 Å². The Morgan fingerprint density at radius 1 is 1.41 bits per heavy atom. The van der Waals surface area contributed by atoms with Gasteiger partial charge in [0.05, 0.1) is 14.2 Å². The van der Waals surface area contributed by atoms with E-state index in [9.17, 15) is 4.79 Å². The van der Waals surface area contributed by atoms with Gasteiger partial charge < -0.3 is 19.9 Å². The molecule has 0 saturated carbocycles. The Labute approximate surface area is 99.3 Å². The van der Waals surface area contributed by atoms with Crippen molar-refractivity contribution in [3.8, 4) is 11.5 Å². The molecule has 5 heteroatoms. The van der Waals surface area contributed by atoms with E-state index in [-0.39, 0.29) is 0 Å². The van der Waals surface area contributed by atoms with Crippen LogP contribution < -0.4 is 14.8 Å². The zero-order valence-corrected chi connectivity index (χ0v) is 9.82. The Morgan fingerprint density at radius 2 is 2.18 bits per heavy atom. The van der Waals surface area contributed by atoms with E-state index in [0.717, 1.165) is 11.1 Å². The summed E-state index contributed by atoms with van der Waals surface area (Å²) < 4.78 is 10.5. The molecule has 1 aromatic carbocycles. The molecular formula is C12H15NO4. The fourth-order valence-electron chi connectivity index (χ4n) is 2.11. The van der Waals surface area contributed by atoms with Crippen LogP contribution in [0, 0.1) is 0 Å². The summed E-state index contributed by atoms with van der Waals surface area (Å²) in [5.74, 6) is 0.426. The average Bonchev–Trinajstić information content (AvgIpc) is 2.36. The van der Waals surface area contributed by atoms with Gasteiger partial charge in [0.25, 0.3) is 0 Å². The van der Waals surface area contributed by atoms with Gasteiger partial charge in [0.2, 0.25) is 0 Å². The Balaban J connectivity index is 2.42. The molecule has 1 aliphatic rings. The summed E-state index contributed by atoms with van der Waals surface area (Å²) in [6, 6.07) is 3.20. The van der Waals surface area contributed by atoms with Gasteiger partial charge in [0, 0.05) is 18.5 Å². The number of nitrogens with one attached hydrogen (secondary N) is 1. The second-order valence-corrected chi connectivity index (χ2v) is 3.91. The molecule has 0 fully saturated rings. The fourth-order valence-corrected chi connectivity index (χ4v) is 2.11. The third kappa shape index (κ3) is 2.06. The number of carbonyl (C=O) groups is 1. The summed E-state index contributed by atoms with van der Waals surface area (Å²) in [4.78, 5) is 11.0. The van der Waals surface area contributed by atoms with E-state index in [1.54, 1.807) is 14.2 Å². The SMILES string of the molecule is COc1ccc2c(c1OC)CC(C(=O)O)NC2. The number of carboxylic acids is 1. The van der Waals surface area contributed by atoms with Gasteiger partial charge in [-0.1, -0.05) is 6.07 Å². The van der Waals surface area contributed by atoms with Crippen LogP contribution >= 0.6 is 0 Å². The summed E-state index contributed by atoms with van der Waals surface area (Å²) in [7, 11) is 3.13. The maximum atomic E-state index is 11.0. The lowest BCUT2D eigenvalue weighted by Gasteiger charge is -2.25. The molecule has 1 aliphatic heterocycles. The summed E-state index contributed by atoms with van der Waals surface area (Å²) in [6.45, 7) is 0.534. The van der Waals surface area contributed by atoms with Gasteiger partial charge in [-0.3, -0.25) is 4.79 Å². The summed E-state index contributed by atoms with van der Waals surface area (Å²) >= 11 is 0. The van der Waals surface area contributed by atoms with E-state index in [2.05, 4.69) is 5.32 Å². The molecule has 2 rings (SSSR count). The first-order chi connectivity index (χ1) is 8.17. The maximum Gasteiger partial charge on any atom is 0.321 e. The number of rotatable bonds is 3. The molecule has 1 unspecified atom stereocenters. The number of hydrogen-bond acceptors (Lipinski definition) is 4. The van der Waals surface area contributed by atoms with Crippen LogP contribution in [0.25, 0.3) is 0 Å². The van der Waals surface area contributed by atoms with Crippen LogP contribution in [0.3, 0.4) is 0 Å². The van der Waals surface area contributed by atoms with Gasteiger partial charge in [-0.15, -0.1) is 0 Å². The van der Waals surface area contributed by atoms with E-state index in [4.69, 9.17) is 14.6 Å². The average molecular weight is 237 g/mol. The van der Waals surface area contributed by atoms with E-state index < -0.39 is 12.0 Å². The minimum atomic E-state index is -0.847. The third-order valence-electron chi connectivity index (χ3n) is 2.99. The highest BCUT2D eigenvalue weighted by molar-refractivity contribution is 5.75. The van der Waals surface area contributed by atoms with E-state index in [1.807, 2.05) is 12.1 Å². The molecule has 0 saturated heterocycles. The quantitative estimate of drug-likeness (QED) is 0.814. The highest BCUT2D eigenvalue weighted by Crippen LogP contribution is 2.35. The predicted molar refractivity (Wildman–Crippen MR) is 61.5 cm³/mol. The standard InChI is InChI=1S/C12H15NO4/c1-16-10-4-3-7-6-13-9(12(14)15)5-8(7)11(10)17-2/h3-4,9,13H,5-6H2,1-2H3,(H,14,15). The van der Waals surface area contributed by atoms with Gasteiger partial charge in [-0.25, -0.2) is 0 Å². The Kier molecular flexibility index (Phi) is 3.19. The van der Waals surface area contributed by atoms with Crippen molar-refractivity contribution in [2.24, 2.45) is 0 Å². The molecule has 1 atom stereocenters. The number of methoxy groups -OCH3 is 2. The number of hydrogen-bond donors (Lipinski definition) is 2. The van der Waals surface area contributed by atoms with Crippen LogP contribution in [0.4, 0.5) is 0 Å². The normalized spacial score (nSPS) is 18.4. The first kappa shape index (κ1) is 11.7. The van der Waals surface area contributed by atoms with E-state index >= 15 is 0 Å². The number of carboxylic acid groups (broad SMARTS) is 1. The van der Waals surface area contributed by atoms with Crippen molar-refractivity contribution in [2.75, 3.05) is 14.2 Å². The topological polar surface area (TPSA) is 67.8 Å². The van der Waals surface area contributed by atoms with Crippen molar-refractivity contribution in [3.63, 3.8) is 0 Å². The molecule has 0 radical (unpaired) electrons. The summed E-state index contributed by atoms with van der Waals surface area (Å²) in [5, 5.41) is 12.0. The second kappa shape index (κ2) is 4.63. The fraction of sp³-hybridized carbons (Fsp3) is 0.417. The molecule has 0 bridgehead atoms. The Bertz CT molecular complexity index is 444. The van der Waals surface area contributed by atoms with Crippen molar-refractivity contribution < 1.29 is 19.4 Å². The lowest BCUT2D eigenvalue weighted by molar-refractivity contribution is -0.139. The van der Waals surface area contributed by atoms with Gasteiger partial charge >= 0.3 is 5.97 Å².